The Morgan fingerprint density at radius 3 is 2.53 bits per heavy atom. The van der Waals surface area contributed by atoms with Gasteiger partial charge in [-0.05, 0) is 25.1 Å². The first kappa shape index (κ1) is 13.8. The van der Waals surface area contributed by atoms with Crippen LogP contribution < -0.4 is 0 Å². The summed E-state index contributed by atoms with van der Waals surface area (Å²) >= 11 is 11.9. The molecular formula is C13H10Cl2N2O2. The van der Waals surface area contributed by atoms with E-state index < -0.39 is 5.97 Å². The Morgan fingerprint density at radius 2 is 1.95 bits per heavy atom. The summed E-state index contributed by atoms with van der Waals surface area (Å²) in [5.74, 6) is -0.0223. The van der Waals surface area contributed by atoms with Crippen molar-refractivity contribution in [3.8, 4) is 11.4 Å². The van der Waals surface area contributed by atoms with Gasteiger partial charge in [0, 0.05) is 23.0 Å². The predicted molar refractivity (Wildman–Crippen MR) is 73.4 cm³/mol. The molecule has 0 aliphatic rings. The van der Waals surface area contributed by atoms with Gasteiger partial charge in [-0.25, -0.2) is 14.8 Å². The van der Waals surface area contributed by atoms with Crippen LogP contribution in [0.25, 0.3) is 11.4 Å². The van der Waals surface area contributed by atoms with Crippen molar-refractivity contribution in [2.45, 2.75) is 6.92 Å². The number of aromatic nitrogens is 2. The first-order valence-corrected chi connectivity index (χ1v) is 6.32. The molecule has 19 heavy (non-hydrogen) atoms. The molecular weight excluding hydrogens is 287 g/mol. The van der Waals surface area contributed by atoms with E-state index in [9.17, 15) is 4.79 Å². The highest BCUT2D eigenvalue weighted by molar-refractivity contribution is 6.36. The van der Waals surface area contributed by atoms with Gasteiger partial charge in [0.05, 0.1) is 17.2 Å². The summed E-state index contributed by atoms with van der Waals surface area (Å²) in [4.78, 5) is 19.7. The first-order chi connectivity index (χ1) is 9.11. The van der Waals surface area contributed by atoms with Crippen LogP contribution >= 0.6 is 23.2 Å². The largest absolute Gasteiger partial charge is 0.462 e. The van der Waals surface area contributed by atoms with Gasteiger partial charge in [-0.3, -0.25) is 0 Å². The third-order valence-corrected chi connectivity index (χ3v) is 2.88. The van der Waals surface area contributed by atoms with Gasteiger partial charge in [0.1, 0.15) is 0 Å². The third-order valence-electron chi connectivity index (χ3n) is 2.34. The maximum atomic E-state index is 11.5. The van der Waals surface area contributed by atoms with Crippen LogP contribution in [-0.2, 0) is 4.74 Å². The number of benzene rings is 1. The molecule has 0 saturated carbocycles. The fourth-order valence-electron chi connectivity index (χ4n) is 1.46. The molecule has 0 amide bonds. The zero-order valence-electron chi connectivity index (χ0n) is 10.1. The van der Waals surface area contributed by atoms with Crippen molar-refractivity contribution in [2.75, 3.05) is 6.61 Å². The fraction of sp³-hybridized carbons (Fsp3) is 0.154. The van der Waals surface area contributed by atoms with Crippen LogP contribution in [0.3, 0.4) is 0 Å². The van der Waals surface area contributed by atoms with Crippen molar-refractivity contribution in [3.63, 3.8) is 0 Å². The average Bonchev–Trinajstić information content (AvgIpc) is 2.39. The van der Waals surface area contributed by atoms with Crippen molar-refractivity contribution in [3.05, 3.63) is 46.2 Å². The highest BCUT2D eigenvalue weighted by Gasteiger charge is 2.10. The summed E-state index contributed by atoms with van der Waals surface area (Å²) in [6.07, 6.45) is 2.82. The van der Waals surface area contributed by atoms with Gasteiger partial charge < -0.3 is 4.74 Å². The molecule has 1 heterocycles. The highest BCUT2D eigenvalue weighted by atomic mass is 35.5. The zero-order valence-corrected chi connectivity index (χ0v) is 11.6. The molecule has 0 spiro atoms. The van der Waals surface area contributed by atoms with Gasteiger partial charge >= 0.3 is 5.97 Å². The molecule has 2 rings (SSSR count). The molecule has 2 aromatic rings. The molecule has 1 aromatic heterocycles. The molecule has 0 fully saturated rings. The van der Waals surface area contributed by atoms with E-state index in [-0.39, 0.29) is 0 Å². The summed E-state index contributed by atoms with van der Waals surface area (Å²) in [6, 6.07) is 5.04. The number of hydrogen-bond acceptors (Lipinski definition) is 4. The van der Waals surface area contributed by atoms with Gasteiger partial charge in [0.15, 0.2) is 5.82 Å². The second-order valence-electron chi connectivity index (χ2n) is 3.64. The Balaban J connectivity index is 2.30. The molecule has 0 N–H and O–H groups in total. The second kappa shape index (κ2) is 5.99. The molecule has 6 heteroatoms. The lowest BCUT2D eigenvalue weighted by Crippen LogP contribution is -2.06. The van der Waals surface area contributed by atoms with Gasteiger partial charge in [-0.1, -0.05) is 23.2 Å². The number of esters is 1. The monoisotopic (exact) mass is 296 g/mol. The normalized spacial score (nSPS) is 10.3. The molecule has 0 aliphatic carbocycles. The van der Waals surface area contributed by atoms with Gasteiger partial charge in [0.2, 0.25) is 0 Å². The number of hydrogen-bond donors (Lipinski definition) is 0. The number of ether oxygens (including phenoxy) is 1. The maximum absolute atomic E-state index is 11.5. The molecule has 0 saturated heterocycles. The highest BCUT2D eigenvalue weighted by Crippen LogP contribution is 2.27. The van der Waals surface area contributed by atoms with E-state index in [1.807, 2.05) is 0 Å². The predicted octanol–water partition coefficient (Wildman–Crippen LogP) is 3.63. The minimum Gasteiger partial charge on any atom is -0.462 e. The van der Waals surface area contributed by atoms with Gasteiger partial charge in [-0.15, -0.1) is 0 Å². The van der Waals surface area contributed by atoms with E-state index in [1.54, 1.807) is 25.1 Å². The Bertz CT molecular complexity index is 600. The van der Waals surface area contributed by atoms with Crippen LogP contribution in [0.5, 0.6) is 0 Å². The van der Waals surface area contributed by atoms with E-state index in [2.05, 4.69) is 9.97 Å². The summed E-state index contributed by atoms with van der Waals surface area (Å²) in [5, 5.41) is 0.994. The Hall–Kier alpha value is -1.65. The molecule has 0 unspecified atom stereocenters. The second-order valence-corrected chi connectivity index (χ2v) is 4.48. The Kier molecular flexibility index (Phi) is 4.35. The van der Waals surface area contributed by atoms with Crippen LogP contribution in [0.4, 0.5) is 0 Å². The standard InChI is InChI=1S/C13H10Cl2N2O2/c1-2-19-13(18)8-6-16-12(17-7-8)10-4-3-9(14)5-11(10)15/h3-7H,2H2,1H3. The average molecular weight is 297 g/mol. The fourth-order valence-corrected chi connectivity index (χ4v) is 1.95. The van der Waals surface area contributed by atoms with Crippen molar-refractivity contribution in [1.82, 2.24) is 9.97 Å². The molecule has 0 bridgehead atoms. The minimum absolute atomic E-state index is 0.302. The summed E-state index contributed by atoms with van der Waals surface area (Å²) in [5.41, 5.74) is 0.956. The maximum Gasteiger partial charge on any atom is 0.341 e. The molecule has 4 nitrogen and oxygen atoms in total. The van der Waals surface area contributed by atoms with Crippen molar-refractivity contribution >= 4 is 29.2 Å². The van der Waals surface area contributed by atoms with Gasteiger partial charge in [0.25, 0.3) is 0 Å². The van der Waals surface area contributed by atoms with Crippen LogP contribution in [-0.4, -0.2) is 22.5 Å². The van der Waals surface area contributed by atoms with Crippen LogP contribution in [0, 0.1) is 0 Å². The van der Waals surface area contributed by atoms with E-state index in [1.165, 1.54) is 12.4 Å². The van der Waals surface area contributed by atoms with Crippen molar-refractivity contribution in [1.29, 1.82) is 0 Å². The van der Waals surface area contributed by atoms with E-state index in [0.717, 1.165) is 0 Å². The minimum atomic E-state index is -0.448. The first-order valence-electron chi connectivity index (χ1n) is 5.56. The lowest BCUT2D eigenvalue weighted by molar-refractivity contribution is 0.0525. The van der Waals surface area contributed by atoms with Crippen molar-refractivity contribution in [2.24, 2.45) is 0 Å². The van der Waals surface area contributed by atoms with E-state index in [0.29, 0.717) is 33.6 Å². The van der Waals surface area contributed by atoms with Crippen LogP contribution in [0.15, 0.2) is 30.6 Å². The number of nitrogens with zero attached hydrogens (tertiary/aromatic N) is 2. The Labute approximate surface area is 120 Å². The third kappa shape index (κ3) is 3.22. The lowest BCUT2D eigenvalue weighted by Gasteiger charge is -2.04. The molecule has 0 aliphatic heterocycles. The van der Waals surface area contributed by atoms with Crippen LogP contribution in [0.2, 0.25) is 10.0 Å². The number of rotatable bonds is 3. The number of carbonyl (C=O) groups is 1. The molecule has 0 radical (unpaired) electrons. The van der Waals surface area contributed by atoms with E-state index in [4.69, 9.17) is 27.9 Å². The topological polar surface area (TPSA) is 52.1 Å². The molecule has 0 atom stereocenters. The quantitative estimate of drug-likeness (QED) is 0.812. The SMILES string of the molecule is CCOC(=O)c1cnc(-c2ccc(Cl)cc2Cl)nc1. The van der Waals surface area contributed by atoms with Crippen LogP contribution in [0.1, 0.15) is 17.3 Å². The van der Waals surface area contributed by atoms with E-state index >= 15 is 0 Å². The summed E-state index contributed by atoms with van der Waals surface area (Å²) in [6.45, 7) is 2.05. The Morgan fingerprint density at radius 1 is 1.26 bits per heavy atom. The number of halogens is 2. The van der Waals surface area contributed by atoms with Crippen molar-refractivity contribution < 1.29 is 9.53 Å². The summed E-state index contributed by atoms with van der Waals surface area (Å²) in [7, 11) is 0. The zero-order chi connectivity index (χ0) is 13.8. The molecule has 98 valence electrons. The lowest BCUT2D eigenvalue weighted by atomic mass is 10.2. The smallest absolute Gasteiger partial charge is 0.341 e. The summed E-state index contributed by atoms with van der Waals surface area (Å²) < 4.78 is 4.85. The van der Waals surface area contributed by atoms with Gasteiger partial charge in [-0.2, -0.15) is 0 Å². The number of carbonyl (C=O) groups excluding carboxylic acids is 1. The molecule has 1 aromatic carbocycles.